The summed E-state index contributed by atoms with van der Waals surface area (Å²) in [5.74, 6) is -2.78. The molecule has 0 spiro atoms. The van der Waals surface area contributed by atoms with E-state index < -0.39 is 41.2 Å². The van der Waals surface area contributed by atoms with Crippen LogP contribution in [-0.2, 0) is 13.2 Å². The van der Waals surface area contributed by atoms with Crippen molar-refractivity contribution in [2.45, 2.75) is 37.5 Å². The van der Waals surface area contributed by atoms with Gasteiger partial charge in [-0.2, -0.15) is 26.3 Å². The highest BCUT2D eigenvalue weighted by Crippen LogP contribution is 2.47. The maximum atomic E-state index is 13.1. The molecule has 152 valence electrons. The van der Waals surface area contributed by atoms with Crippen LogP contribution in [0.25, 0.3) is 0 Å². The predicted molar refractivity (Wildman–Crippen MR) is 90.9 cm³/mol. The first-order valence-corrected chi connectivity index (χ1v) is 8.67. The Balaban J connectivity index is 1.85. The highest BCUT2D eigenvalue weighted by molar-refractivity contribution is 6.05. The van der Waals surface area contributed by atoms with E-state index in [1.165, 1.54) is 13.1 Å². The topological polar surface area (TPSA) is 34.0 Å². The van der Waals surface area contributed by atoms with Crippen molar-refractivity contribution < 1.29 is 31.1 Å². The van der Waals surface area contributed by atoms with Gasteiger partial charge in [0.1, 0.15) is 0 Å². The number of alkyl halides is 6. The number of carbonyl (C=O) groups is 1. The molecule has 1 amide bonds. The number of anilines is 1. The van der Waals surface area contributed by atoms with E-state index in [-0.39, 0.29) is 18.5 Å². The molecule has 1 fully saturated rings. The van der Waals surface area contributed by atoms with Crippen LogP contribution >= 0.6 is 0 Å². The first-order chi connectivity index (χ1) is 13.0. The summed E-state index contributed by atoms with van der Waals surface area (Å²) in [6, 6.07) is 6.31. The van der Waals surface area contributed by atoms with Crippen LogP contribution in [-0.4, -0.2) is 16.7 Å². The van der Waals surface area contributed by atoms with Gasteiger partial charge in [-0.15, -0.1) is 0 Å². The van der Waals surface area contributed by atoms with Gasteiger partial charge in [-0.3, -0.25) is 4.79 Å². The van der Waals surface area contributed by atoms with E-state index in [9.17, 15) is 31.1 Å². The van der Waals surface area contributed by atoms with Crippen molar-refractivity contribution in [1.29, 1.82) is 0 Å². The molecule has 2 unspecified atom stereocenters. The third-order valence-corrected chi connectivity index (χ3v) is 5.05. The Hall–Kier alpha value is -2.45. The van der Waals surface area contributed by atoms with Crippen LogP contribution in [0.5, 0.6) is 0 Å². The van der Waals surface area contributed by atoms with E-state index in [2.05, 4.69) is 5.32 Å². The van der Waals surface area contributed by atoms with E-state index in [4.69, 9.17) is 0 Å². The lowest BCUT2D eigenvalue weighted by atomic mass is 9.94. The Morgan fingerprint density at radius 1 is 1.07 bits per heavy atom. The number of hydrogen-bond donors (Lipinski definition) is 1. The molecule has 0 radical (unpaired) electrons. The summed E-state index contributed by atoms with van der Waals surface area (Å²) >= 11 is 0. The van der Waals surface area contributed by atoms with Gasteiger partial charge >= 0.3 is 12.4 Å². The largest absolute Gasteiger partial charge is 0.418 e. The van der Waals surface area contributed by atoms with Crippen molar-refractivity contribution >= 4 is 11.6 Å². The quantitative estimate of drug-likeness (QED) is 0.650. The fourth-order valence-corrected chi connectivity index (χ4v) is 3.71. The Morgan fingerprint density at radius 3 is 2.36 bits per heavy atom. The van der Waals surface area contributed by atoms with Crippen LogP contribution in [0, 0.1) is 5.92 Å². The molecule has 1 heterocycles. The van der Waals surface area contributed by atoms with Crippen molar-refractivity contribution in [2.24, 2.45) is 13.0 Å². The van der Waals surface area contributed by atoms with Crippen LogP contribution in [0.4, 0.5) is 32.0 Å². The summed E-state index contributed by atoms with van der Waals surface area (Å²) < 4.78 is 79.4. The van der Waals surface area contributed by atoms with Crippen LogP contribution < -0.4 is 5.32 Å². The molecule has 3 nitrogen and oxygen atoms in total. The average molecular weight is 404 g/mol. The second-order valence-corrected chi connectivity index (χ2v) is 7.04. The summed E-state index contributed by atoms with van der Waals surface area (Å²) in [4.78, 5) is 12.5. The summed E-state index contributed by atoms with van der Waals surface area (Å²) in [5, 5.41) is 2.45. The van der Waals surface area contributed by atoms with Crippen LogP contribution in [0.15, 0.2) is 36.7 Å². The zero-order valence-electron chi connectivity index (χ0n) is 14.9. The monoisotopic (exact) mass is 404 g/mol. The third kappa shape index (κ3) is 4.18. The SMILES string of the molecule is Cn1cc(C(=O)Nc2ccccc2C2CCC(C(F)(F)F)C2)c(C(F)(F)F)c1. The van der Waals surface area contributed by atoms with Gasteiger partial charge in [0.25, 0.3) is 5.91 Å². The lowest BCUT2D eigenvalue weighted by Gasteiger charge is -2.18. The van der Waals surface area contributed by atoms with Crippen LogP contribution in [0.3, 0.4) is 0 Å². The van der Waals surface area contributed by atoms with Gasteiger partial charge in [0.05, 0.1) is 17.0 Å². The number of rotatable bonds is 3. The number of amides is 1. The van der Waals surface area contributed by atoms with Crippen molar-refractivity contribution in [3.8, 4) is 0 Å². The number of aromatic nitrogens is 1. The molecular weight excluding hydrogens is 386 g/mol. The summed E-state index contributed by atoms with van der Waals surface area (Å²) in [5.41, 5.74) is -0.864. The van der Waals surface area contributed by atoms with Crippen molar-refractivity contribution in [2.75, 3.05) is 5.32 Å². The molecule has 1 aromatic carbocycles. The minimum Gasteiger partial charge on any atom is -0.356 e. The molecule has 3 rings (SSSR count). The molecular formula is C19H18F6N2O. The number of aryl methyl sites for hydroxylation is 1. The van der Waals surface area contributed by atoms with Crippen molar-refractivity contribution in [3.63, 3.8) is 0 Å². The van der Waals surface area contributed by atoms with Gasteiger partial charge in [0.2, 0.25) is 0 Å². The number of benzene rings is 1. The van der Waals surface area contributed by atoms with E-state index in [1.54, 1.807) is 18.2 Å². The molecule has 0 saturated heterocycles. The predicted octanol–water partition coefficient (Wildman–Crippen LogP) is 5.74. The van der Waals surface area contributed by atoms with Crippen LogP contribution in [0.2, 0.25) is 0 Å². The Bertz CT molecular complexity index is 868. The molecule has 0 bridgehead atoms. The Morgan fingerprint density at radius 2 is 1.75 bits per heavy atom. The van der Waals surface area contributed by atoms with E-state index in [0.29, 0.717) is 12.0 Å². The summed E-state index contributed by atoms with van der Waals surface area (Å²) in [7, 11) is 1.37. The second kappa shape index (κ2) is 7.18. The third-order valence-electron chi connectivity index (χ3n) is 5.05. The molecule has 0 aliphatic heterocycles. The summed E-state index contributed by atoms with van der Waals surface area (Å²) in [6.45, 7) is 0. The highest BCUT2D eigenvalue weighted by Gasteiger charge is 2.44. The molecule has 2 aromatic rings. The summed E-state index contributed by atoms with van der Waals surface area (Å²) in [6.07, 6.45) is -6.90. The van der Waals surface area contributed by atoms with E-state index in [0.717, 1.165) is 17.0 Å². The standard InChI is InChI=1S/C19H18F6N2O/c1-27-9-14(15(10-27)19(23,24)25)17(28)26-16-5-3-2-4-13(16)11-6-7-12(8-11)18(20,21)22/h2-5,9-12H,6-8H2,1H3,(H,26,28). The number of hydrogen-bond acceptors (Lipinski definition) is 1. The molecule has 1 N–H and O–H groups in total. The zero-order chi connectivity index (χ0) is 20.7. The fraction of sp³-hybridized carbons (Fsp3) is 0.421. The molecule has 28 heavy (non-hydrogen) atoms. The van der Waals surface area contributed by atoms with E-state index in [1.807, 2.05) is 0 Å². The molecule has 1 aliphatic rings. The first kappa shape index (κ1) is 20.3. The number of nitrogens with one attached hydrogen (secondary N) is 1. The van der Waals surface area contributed by atoms with E-state index >= 15 is 0 Å². The van der Waals surface area contributed by atoms with Gasteiger partial charge in [-0.25, -0.2) is 0 Å². The van der Waals surface area contributed by atoms with Gasteiger partial charge in [0, 0.05) is 25.1 Å². The number of para-hydroxylation sites is 1. The number of nitrogens with zero attached hydrogens (tertiary/aromatic N) is 1. The molecule has 2 atom stereocenters. The maximum Gasteiger partial charge on any atom is 0.418 e. The van der Waals surface area contributed by atoms with Crippen molar-refractivity contribution in [3.05, 3.63) is 53.3 Å². The smallest absolute Gasteiger partial charge is 0.356 e. The maximum absolute atomic E-state index is 13.1. The highest BCUT2D eigenvalue weighted by atomic mass is 19.4. The minimum atomic E-state index is -4.70. The van der Waals surface area contributed by atoms with Gasteiger partial charge < -0.3 is 9.88 Å². The van der Waals surface area contributed by atoms with Gasteiger partial charge in [-0.05, 0) is 36.8 Å². The number of halogens is 6. The van der Waals surface area contributed by atoms with Crippen molar-refractivity contribution in [1.82, 2.24) is 4.57 Å². The normalized spacial score (nSPS) is 20.4. The second-order valence-electron chi connectivity index (χ2n) is 7.04. The average Bonchev–Trinajstić information content (AvgIpc) is 3.21. The van der Waals surface area contributed by atoms with Gasteiger partial charge in [-0.1, -0.05) is 18.2 Å². The first-order valence-electron chi connectivity index (χ1n) is 8.67. The molecule has 9 heteroatoms. The number of carbonyl (C=O) groups excluding carboxylic acids is 1. The molecule has 1 aliphatic carbocycles. The minimum absolute atomic E-state index is 0.00659. The Labute approximate surface area is 157 Å². The zero-order valence-corrected chi connectivity index (χ0v) is 14.9. The lowest BCUT2D eigenvalue weighted by molar-refractivity contribution is -0.172. The molecule has 1 saturated carbocycles. The molecule has 1 aromatic heterocycles. The van der Waals surface area contributed by atoms with Gasteiger partial charge in [0.15, 0.2) is 0 Å². The Kier molecular flexibility index (Phi) is 5.20. The fourth-order valence-electron chi connectivity index (χ4n) is 3.71. The van der Waals surface area contributed by atoms with Crippen LogP contribution in [0.1, 0.15) is 46.7 Å². The lowest BCUT2D eigenvalue weighted by Crippen LogP contribution is -2.20.